The number of hydrogen-bond donors (Lipinski definition) is 1. The van der Waals surface area contributed by atoms with E-state index in [-0.39, 0.29) is 0 Å². The molecule has 8 atom stereocenters. The van der Waals surface area contributed by atoms with E-state index in [0.29, 0.717) is 10.8 Å². The van der Waals surface area contributed by atoms with Gasteiger partial charge in [-0.25, -0.2) is 0 Å². The summed E-state index contributed by atoms with van der Waals surface area (Å²) < 4.78 is 0. The van der Waals surface area contributed by atoms with Crippen LogP contribution in [-0.4, -0.2) is 10.2 Å². The van der Waals surface area contributed by atoms with Gasteiger partial charge in [-0.1, -0.05) is 53.9 Å². The lowest BCUT2D eigenvalue weighted by Gasteiger charge is -2.60. The number of fused-ring (bicyclic) bond motifs is 6. The summed E-state index contributed by atoms with van der Waals surface area (Å²) in [5.41, 5.74) is 4.12. The van der Waals surface area contributed by atoms with Gasteiger partial charge in [0.2, 0.25) is 0 Å². The van der Waals surface area contributed by atoms with Crippen molar-refractivity contribution in [2.75, 3.05) is 0 Å². The van der Waals surface area contributed by atoms with E-state index in [0.717, 1.165) is 41.4 Å². The molecule has 30 heavy (non-hydrogen) atoms. The molecule has 0 spiro atoms. The van der Waals surface area contributed by atoms with Crippen LogP contribution in [0.3, 0.4) is 0 Å². The molecule has 3 saturated carbocycles. The van der Waals surface area contributed by atoms with Crippen LogP contribution in [0, 0.1) is 52.3 Å². The topological polar surface area (TPSA) is 28.7 Å². The third kappa shape index (κ3) is 3.22. The third-order valence-corrected chi connectivity index (χ3v) is 11.1. The molecular weight excluding hydrogens is 364 g/mol. The molecule has 3 fully saturated rings. The van der Waals surface area contributed by atoms with E-state index in [1.54, 1.807) is 0 Å². The predicted molar refractivity (Wildman–Crippen MR) is 125 cm³/mol. The molecule has 0 aromatic carbocycles. The Kier molecular flexibility index (Phi) is 5.38. The SMILES string of the molecule is CC(C)CCC[C@@H](C)[C@H]1CC[C@H]2[C@@H]3CC[C@H]4Cc5[nH]ncc5C[C@]4(C)[C@H]3CC[C@]12C. The van der Waals surface area contributed by atoms with E-state index < -0.39 is 0 Å². The summed E-state index contributed by atoms with van der Waals surface area (Å²) in [6.45, 7) is 12.8. The van der Waals surface area contributed by atoms with Crippen molar-refractivity contribution in [2.24, 2.45) is 52.3 Å². The maximum absolute atomic E-state index is 4.40. The Bertz CT molecular complexity index is 750. The van der Waals surface area contributed by atoms with Gasteiger partial charge in [-0.15, -0.1) is 0 Å². The summed E-state index contributed by atoms with van der Waals surface area (Å²) >= 11 is 0. The van der Waals surface area contributed by atoms with Gasteiger partial charge in [0.25, 0.3) is 0 Å². The molecular formula is C28H46N2. The molecule has 4 aliphatic rings. The van der Waals surface area contributed by atoms with Crippen LogP contribution in [0.4, 0.5) is 0 Å². The third-order valence-electron chi connectivity index (χ3n) is 11.1. The van der Waals surface area contributed by atoms with Crippen LogP contribution in [0.25, 0.3) is 0 Å². The second-order valence-corrected chi connectivity index (χ2v) is 12.9. The van der Waals surface area contributed by atoms with E-state index in [4.69, 9.17) is 0 Å². The van der Waals surface area contributed by atoms with E-state index in [1.807, 2.05) is 0 Å². The molecule has 1 heterocycles. The van der Waals surface area contributed by atoms with Gasteiger partial charge < -0.3 is 0 Å². The first-order valence-electron chi connectivity index (χ1n) is 13.3. The number of aromatic nitrogens is 2. The van der Waals surface area contributed by atoms with Crippen molar-refractivity contribution >= 4 is 0 Å². The highest BCUT2D eigenvalue weighted by atomic mass is 15.1. The zero-order valence-corrected chi connectivity index (χ0v) is 20.3. The summed E-state index contributed by atoms with van der Waals surface area (Å²) in [7, 11) is 0. The minimum absolute atomic E-state index is 0.516. The fourth-order valence-corrected chi connectivity index (χ4v) is 9.49. The smallest absolute Gasteiger partial charge is 0.0522 e. The van der Waals surface area contributed by atoms with Crippen LogP contribution < -0.4 is 0 Å². The van der Waals surface area contributed by atoms with Gasteiger partial charge in [0.1, 0.15) is 0 Å². The van der Waals surface area contributed by atoms with Gasteiger partial charge in [-0.2, -0.15) is 5.10 Å². The summed E-state index contributed by atoms with van der Waals surface area (Å²) in [6.07, 6.45) is 18.0. The van der Waals surface area contributed by atoms with Crippen LogP contribution in [0.5, 0.6) is 0 Å². The average molecular weight is 411 g/mol. The lowest BCUT2D eigenvalue weighted by atomic mass is 9.44. The Morgan fingerprint density at radius 2 is 1.80 bits per heavy atom. The zero-order valence-electron chi connectivity index (χ0n) is 20.3. The number of aromatic amines is 1. The zero-order chi connectivity index (χ0) is 21.1. The van der Waals surface area contributed by atoms with E-state index in [2.05, 4.69) is 51.0 Å². The molecule has 5 rings (SSSR count). The molecule has 2 heteroatoms. The highest BCUT2D eigenvalue weighted by Gasteiger charge is 2.60. The summed E-state index contributed by atoms with van der Waals surface area (Å²) in [6, 6.07) is 0. The summed E-state index contributed by atoms with van der Waals surface area (Å²) in [5, 5.41) is 7.72. The Morgan fingerprint density at radius 1 is 1.00 bits per heavy atom. The van der Waals surface area contributed by atoms with Crippen molar-refractivity contribution < 1.29 is 0 Å². The minimum Gasteiger partial charge on any atom is -0.282 e. The van der Waals surface area contributed by atoms with Gasteiger partial charge in [-0.05, 0) is 109 Å². The van der Waals surface area contributed by atoms with Crippen LogP contribution in [0.1, 0.15) is 104 Å². The number of nitrogens with one attached hydrogen (secondary N) is 1. The van der Waals surface area contributed by atoms with Crippen molar-refractivity contribution in [1.29, 1.82) is 0 Å². The molecule has 168 valence electrons. The quantitative estimate of drug-likeness (QED) is 0.536. The second-order valence-electron chi connectivity index (χ2n) is 12.9. The number of rotatable bonds is 5. The molecule has 0 unspecified atom stereocenters. The fraction of sp³-hybridized carbons (Fsp3) is 0.893. The summed E-state index contributed by atoms with van der Waals surface area (Å²) in [5.74, 6) is 6.58. The first-order chi connectivity index (χ1) is 14.3. The molecule has 0 bridgehead atoms. The molecule has 1 aromatic rings. The highest BCUT2D eigenvalue weighted by molar-refractivity contribution is 5.25. The van der Waals surface area contributed by atoms with Crippen molar-refractivity contribution in [3.8, 4) is 0 Å². The lowest BCUT2D eigenvalue weighted by molar-refractivity contribution is -0.103. The van der Waals surface area contributed by atoms with E-state index >= 15 is 0 Å². The number of hydrogen-bond acceptors (Lipinski definition) is 1. The van der Waals surface area contributed by atoms with E-state index in [9.17, 15) is 0 Å². The standard InChI is InChI=1S/C28H46N2/c1-18(2)7-6-8-19(3)23-11-12-24-22-10-9-21-15-26-20(17-29-30-26)16-28(21,5)25(22)13-14-27(23,24)4/h17-19,21-25H,6-16H2,1-5H3,(H,29,30)/t19-,21+,22+,23-,24+,25+,27-,28+/m1/s1. The van der Waals surface area contributed by atoms with Gasteiger partial charge in [-0.3, -0.25) is 5.10 Å². The Morgan fingerprint density at radius 3 is 2.60 bits per heavy atom. The van der Waals surface area contributed by atoms with Gasteiger partial charge in [0, 0.05) is 5.69 Å². The van der Waals surface area contributed by atoms with Crippen LogP contribution in [-0.2, 0) is 12.8 Å². The molecule has 1 N–H and O–H groups in total. The monoisotopic (exact) mass is 410 g/mol. The molecule has 4 aliphatic carbocycles. The molecule has 1 aromatic heterocycles. The normalized spacial score (nSPS) is 43.6. The largest absolute Gasteiger partial charge is 0.282 e. The van der Waals surface area contributed by atoms with Gasteiger partial charge in [0.05, 0.1) is 6.20 Å². The van der Waals surface area contributed by atoms with Crippen molar-refractivity contribution in [3.05, 3.63) is 17.5 Å². The highest BCUT2D eigenvalue weighted by Crippen LogP contribution is 2.67. The van der Waals surface area contributed by atoms with Crippen molar-refractivity contribution in [3.63, 3.8) is 0 Å². The Balaban J connectivity index is 1.33. The second kappa shape index (κ2) is 7.66. The molecule has 0 aliphatic heterocycles. The maximum Gasteiger partial charge on any atom is 0.0522 e. The Labute approximate surface area is 185 Å². The molecule has 0 saturated heterocycles. The van der Waals surface area contributed by atoms with Crippen LogP contribution in [0.2, 0.25) is 0 Å². The Hall–Kier alpha value is -0.790. The maximum atomic E-state index is 4.40. The number of nitrogens with zero attached hydrogens (tertiary/aromatic N) is 1. The van der Waals surface area contributed by atoms with Crippen LogP contribution in [0.15, 0.2) is 6.20 Å². The molecule has 0 radical (unpaired) electrons. The summed E-state index contributed by atoms with van der Waals surface area (Å²) in [4.78, 5) is 0. The van der Waals surface area contributed by atoms with E-state index in [1.165, 1.54) is 81.9 Å². The first-order valence-corrected chi connectivity index (χ1v) is 13.3. The lowest BCUT2D eigenvalue weighted by Crippen LogP contribution is -2.54. The fourth-order valence-electron chi connectivity index (χ4n) is 9.49. The molecule has 2 nitrogen and oxygen atoms in total. The minimum atomic E-state index is 0.516. The van der Waals surface area contributed by atoms with Crippen LogP contribution >= 0.6 is 0 Å². The average Bonchev–Trinajstić information content (AvgIpc) is 3.28. The van der Waals surface area contributed by atoms with Crippen molar-refractivity contribution in [1.82, 2.24) is 10.2 Å². The van der Waals surface area contributed by atoms with Crippen molar-refractivity contribution in [2.45, 2.75) is 105 Å². The van der Waals surface area contributed by atoms with Gasteiger partial charge in [0.15, 0.2) is 0 Å². The van der Waals surface area contributed by atoms with Gasteiger partial charge >= 0.3 is 0 Å². The number of H-pyrrole nitrogens is 1. The molecule has 0 amide bonds. The predicted octanol–water partition coefficient (Wildman–Crippen LogP) is 7.45. The first kappa shape index (κ1) is 21.1.